The summed E-state index contributed by atoms with van der Waals surface area (Å²) in [6, 6.07) is -0.228. The zero-order valence-electron chi connectivity index (χ0n) is 9.49. The van der Waals surface area contributed by atoms with Crippen LogP contribution < -0.4 is 5.32 Å². The summed E-state index contributed by atoms with van der Waals surface area (Å²) in [5, 5.41) is 2.63. The van der Waals surface area contributed by atoms with Gasteiger partial charge in [-0.05, 0) is 6.92 Å². The van der Waals surface area contributed by atoms with Crippen LogP contribution in [0.25, 0.3) is 0 Å². The van der Waals surface area contributed by atoms with Crippen LogP contribution in [0.1, 0.15) is 13.3 Å². The predicted octanol–water partition coefficient (Wildman–Crippen LogP) is 1.30. The normalized spacial score (nSPS) is 12.3. The highest BCUT2D eigenvalue weighted by Gasteiger charge is 2.15. The summed E-state index contributed by atoms with van der Waals surface area (Å²) in [5.41, 5.74) is 0. The van der Waals surface area contributed by atoms with Crippen LogP contribution in [0, 0.1) is 0 Å². The molecular weight excluding hydrogens is 198 g/mol. The number of carbonyl (C=O) groups is 1. The Hall–Kier alpha value is -1.07. The second-order valence-corrected chi connectivity index (χ2v) is 2.84. The van der Waals surface area contributed by atoms with Gasteiger partial charge in [-0.2, -0.15) is 0 Å². The molecule has 0 fully saturated rings. The third kappa shape index (κ3) is 6.09. The molecular formula is C10H19NO4. The highest BCUT2D eigenvalue weighted by molar-refractivity contribution is 5.67. The fraction of sp³-hybridized carbons (Fsp3) is 0.700. The van der Waals surface area contributed by atoms with Crippen LogP contribution in [0.15, 0.2) is 12.7 Å². The Kier molecular flexibility index (Phi) is 7.67. The van der Waals surface area contributed by atoms with E-state index in [0.29, 0.717) is 13.0 Å². The summed E-state index contributed by atoms with van der Waals surface area (Å²) in [6.45, 7) is 5.70. The molecule has 0 saturated heterocycles. The Morgan fingerprint density at radius 2 is 2.07 bits per heavy atom. The first-order valence-electron chi connectivity index (χ1n) is 4.79. The predicted molar refractivity (Wildman–Crippen MR) is 56.6 cm³/mol. The van der Waals surface area contributed by atoms with Gasteiger partial charge in [-0.1, -0.05) is 6.08 Å². The topological polar surface area (TPSA) is 56.8 Å². The van der Waals surface area contributed by atoms with E-state index in [2.05, 4.69) is 11.9 Å². The van der Waals surface area contributed by atoms with Crippen LogP contribution in [0.4, 0.5) is 4.79 Å². The molecule has 0 aromatic rings. The lowest BCUT2D eigenvalue weighted by Gasteiger charge is -2.19. The van der Waals surface area contributed by atoms with Crippen molar-refractivity contribution < 1.29 is 19.0 Å². The summed E-state index contributed by atoms with van der Waals surface area (Å²) in [7, 11) is 3.08. The molecule has 1 unspecified atom stereocenters. The average molecular weight is 217 g/mol. The molecule has 15 heavy (non-hydrogen) atoms. The Balaban J connectivity index is 4.01. The SMILES string of the molecule is C=CC(CC(OC)OC)NC(=O)OCC. The molecule has 5 nitrogen and oxygen atoms in total. The summed E-state index contributed by atoms with van der Waals surface area (Å²) >= 11 is 0. The highest BCUT2D eigenvalue weighted by atomic mass is 16.7. The Morgan fingerprint density at radius 3 is 2.47 bits per heavy atom. The van der Waals surface area contributed by atoms with E-state index in [-0.39, 0.29) is 12.3 Å². The van der Waals surface area contributed by atoms with E-state index in [1.807, 2.05) is 0 Å². The minimum atomic E-state index is -0.464. The van der Waals surface area contributed by atoms with Crippen molar-refractivity contribution in [2.24, 2.45) is 0 Å². The lowest BCUT2D eigenvalue weighted by Crippen LogP contribution is -2.37. The van der Waals surface area contributed by atoms with Crippen molar-refractivity contribution in [3.8, 4) is 0 Å². The van der Waals surface area contributed by atoms with Gasteiger partial charge >= 0.3 is 6.09 Å². The molecule has 0 aliphatic rings. The minimum absolute atomic E-state index is 0.228. The third-order valence-corrected chi connectivity index (χ3v) is 1.84. The van der Waals surface area contributed by atoms with Crippen LogP contribution >= 0.6 is 0 Å². The number of methoxy groups -OCH3 is 2. The van der Waals surface area contributed by atoms with Gasteiger partial charge in [0, 0.05) is 20.6 Å². The van der Waals surface area contributed by atoms with Crippen LogP contribution in [0.3, 0.4) is 0 Å². The number of carbonyl (C=O) groups excluding carboxylic acids is 1. The van der Waals surface area contributed by atoms with Crippen molar-refractivity contribution in [1.82, 2.24) is 5.32 Å². The summed E-state index contributed by atoms with van der Waals surface area (Å²) < 4.78 is 14.8. The smallest absolute Gasteiger partial charge is 0.407 e. The second-order valence-electron chi connectivity index (χ2n) is 2.84. The molecule has 0 spiro atoms. The van der Waals surface area contributed by atoms with Gasteiger partial charge in [0.05, 0.1) is 12.6 Å². The van der Waals surface area contributed by atoms with E-state index in [9.17, 15) is 4.79 Å². The molecule has 0 aliphatic heterocycles. The molecule has 1 amide bonds. The molecule has 0 bridgehead atoms. The number of ether oxygens (including phenoxy) is 3. The van der Waals surface area contributed by atoms with E-state index in [1.165, 1.54) is 0 Å². The molecule has 1 atom stereocenters. The fourth-order valence-electron chi connectivity index (χ4n) is 1.03. The largest absolute Gasteiger partial charge is 0.450 e. The van der Waals surface area contributed by atoms with Gasteiger partial charge in [0.1, 0.15) is 0 Å². The average Bonchev–Trinajstić information content (AvgIpc) is 2.24. The van der Waals surface area contributed by atoms with Gasteiger partial charge in [0.15, 0.2) is 6.29 Å². The number of hydrogen-bond acceptors (Lipinski definition) is 4. The number of rotatable bonds is 7. The van der Waals surface area contributed by atoms with E-state index in [4.69, 9.17) is 14.2 Å². The number of alkyl carbamates (subject to hydrolysis) is 1. The molecule has 0 aliphatic carbocycles. The van der Waals surface area contributed by atoms with E-state index < -0.39 is 6.09 Å². The van der Waals surface area contributed by atoms with E-state index >= 15 is 0 Å². The summed E-state index contributed by atoms with van der Waals surface area (Å²) in [4.78, 5) is 11.1. The number of hydrogen-bond donors (Lipinski definition) is 1. The molecule has 0 radical (unpaired) electrons. The number of amides is 1. The van der Waals surface area contributed by atoms with Crippen molar-refractivity contribution in [3.05, 3.63) is 12.7 Å². The molecule has 0 heterocycles. The van der Waals surface area contributed by atoms with Gasteiger partial charge in [0.2, 0.25) is 0 Å². The zero-order chi connectivity index (χ0) is 11.7. The Labute approximate surface area is 90.4 Å². The standard InChI is InChI=1S/C10H19NO4/c1-5-8(7-9(13-3)14-4)11-10(12)15-6-2/h5,8-9H,1,6-7H2,2-4H3,(H,11,12). The van der Waals surface area contributed by atoms with Crippen molar-refractivity contribution in [3.63, 3.8) is 0 Å². The van der Waals surface area contributed by atoms with Gasteiger partial charge in [-0.25, -0.2) is 4.79 Å². The van der Waals surface area contributed by atoms with Crippen LogP contribution in [-0.2, 0) is 14.2 Å². The first kappa shape index (κ1) is 13.9. The molecule has 0 aromatic carbocycles. The molecule has 88 valence electrons. The highest BCUT2D eigenvalue weighted by Crippen LogP contribution is 2.04. The Bertz CT molecular complexity index is 192. The first-order chi connectivity index (χ1) is 7.17. The lowest BCUT2D eigenvalue weighted by atomic mass is 10.2. The zero-order valence-corrected chi connectivity index (χ0v) is 9.49. The summed E-state index contributed by atoms with van der Waals surface area (Å²) in [6.07, 6.45) is 1.28. The number of nitrogens with one attached hydrogen (secondary N) is 1. The monoisotopic (exact) mass is 217 g/mol. The van der Waals surface area contributed by atoms with Crippen molar-refractivity contribution >= 4 is 6.09 Å². The molecule has 0 rings (SSSR count). The van der Waals surface area contributed by atoms with Gasteiger partial charge in [-0.15, -0.1) is 6.58 Å². The van der Waals surface area contributed by atoms with Crippen molar-refractivity contribution in [2.45, 2.75) is 25.7 Å². The molecule has 0 saturated carbocycles. The molecule has 5 heteroatoms. The summed E-state index contributed by atoms with van der Waals surface area (Å²) in [5.74, 6) is 0. The minimum Gasteiger partial charge on any atom is -0.450 e. The maximum absolute atomic E-state index is 11.1. The molecule has 1 N–H and O–H groups in total. The Morgan fingerprint density at radius 1 is 1.47 bits per heavy atom. The lowest BCUT2D eigenvalue weighted by molar-refractivity contribution is -0.108. The van der Waals surface area contributed by atoms with E-state index in [1.54, 1.807) is 27.2 Å². The van der Waals surface area contributed by atoms with Crippen LogP contribution in [-0.4, -0.2) is 39.3 Å². The van der Waals surface area contributed by atoms with Gasteiger partial charge in [-0.3, -0.25) is 0 Å². The third-order valence-electron chi connectivity index (χ3n) is 1.84. The quantitative estimate of drug-likeness (QED) is 0.516. The first-order valence-corrected chi connectivity index (χ1v) is 4.79. The van der Waals surface area contributed by atoms with Crippen molar-refractivity contribution in [2.75, 3.05) is 20.8 Å². The van der Waals surface area contributed by atoms with Crippen LogP contribution in [0.2, 0.25) is 0 Å². The maximum Gasteiger partial charge on any atom is 0.407 e. The van der Waals surface area contributed by atoms with Gasteiger partial charge < -0.3 is 19.5 Å². The fourth-order valence-corrected chi connectivity index (χ4v) is 1.03. The molecule has 0 aromatic heterocycles. The maximum atomic E-state index is 11.1. The second kappa shape index (κ2) is 8.26. The van der Waals surface area contributed by atoms with Crippen molar-refractivity contribution in [1.29, 1.82) is 0 Å². The van der Waals surface area contributed by atoms with E-state index in [0.717, 1.165) is 0 Å². The van der Waals surface area contributed by atoms with Gasteiger partial charge in [0.25, 0.3) is 0 Å². The van der Waals surface area contributed by atoms with Crippen LogP contribution in [0.5, 0.6) is 0 Å².